The van der Waals surface area contributed by atoms with E-state index in [1.807, 2.05) is 0 Å². The van der Waals surface area contributed by atoms with E-state index in [9.17, 15) is 4.79 Å². The molecule has 20 heavy (non-hydrogen) atoms. The normalized spacial score (nSPS) is 11.8. The second kappa shape index (κ2) is 8.43. The zero-order chi connectivity index (χ0) is 15.0. The highest BCUT2D eigenvalue weighted by Crippen LogP contribution is 2.24. The van der Waals surface area contributed by atoms with E-state index in [1.165, 1.54) is 7.11 Å². The lowest BCUT2D eigenvalue weighted by Crippen LogP contribution is -2.30. The standard InChI is InChI=1S/C15H24N2O3/c1-4-11(7-8-16)10-17-15(18)13-6-5-12(19-2)9-14(13)20-3/h5-6,9,11H,4,7-8,10,16H2,1-3H3,(H,17,18). The van der Waals surface area contributed by atoms with Crippen molar-refractivity contribution in [3.05, 3.63) is 23.8 Å². The number of benzene rings is 1. The van der Waals surface area contributed by atoms with Crippen LogP contribution >= 0.6 is 0 Å². The van der Waals surface area contributed by atoms with E-state index in [0.29, 0.717) is 36.1 Å². The van der Waals surface area contributed by atoms with Crippen molar-refractivity contribution < 1.29 is 14.3 Å². The van der Waals surface area contributed by atoms with Crippen molar-refractivity contribution >= 4 is 5.91 Å². The lowest BCUT2D eigenvalue weighted by molar-refractivity contribution is 0.0943. The molecule has 0 bridgehead atoms. The van der Waals surface area contributed by atoms with Gasteiger partial charge in [-0.1, -0.05) is 13.3 Å². The molecule has 0 heterocycles. The number of carbonyl (C=O) groups excluding carboxylic acids is 1. The second-order valence-corrected chi connectivity index (χ2v) is 4.63. The maximum Gasteiger partial charge on any atom is 0.255 e. The Bertz CT molecular complexity index is 435. The summed E-state index contributed by atoms with van der Waals surface area (Å²) in [6.07, 6.45) is 1.91. The van der Waals surface area contributed by atoms with Crippen molar-refractivity contribution in [3.63, 3.8) is 0 Å². The summed E-state index contributed by atoms with van der Waals surface area (Å²) in [5, 5.41) is 2.93. The molecule has 0 aromatic heterocycles. The van der Waals surface area contributed by atoms with Crippen molar-refractivity contribution in [3.8, 4) is 11.5 Å². The Morgan fingerprint density at radius 2 is 2.10 bits per heavy atom. The van der Waals surface area contributed by atoms with E-state index < -0.39 is 0 Å². The highest BCUT2D eigenvalue weighted by atomic mass is 16.5. The number of ether oxygens (including phenoxy) is 2. The van der Waals surface area contributed by atoms with Gasteiger partial charge in [-0.15, -0.1) is 0 Å². The van der Waals surface area contributed by atoms with Crippen LogP contribution in [0.1, 0.15) is 30.1 Å². The second-order valence-electron chi connectivity index (χ2n) is 4.63. The summed E-state index contributed by atoms with van der Waals surface area (Å²) < 4.78 is 10.3. The third-order valence-corrected chi connectivity index (χ3v) is 3.36. The number of carbonyl (C=O) groups is 1. The topological polar surface area (TPSA) is 73.6 Å². The van der Waals surface area contributed by atoms with Gasteiger partial charge >= 0.3 is 0 Å². The molecule has 0 aliphatic rings. The van der Waals surface area contributed by atoms with Gasteiger partial charge in [0.2, 0.25) is 0 Å². The number of nitrogens with one attached hydrogen (secondary N) is 1. The van der Waals surface area contributed by atoms with Crippen LogP contribution in [0.4, 0.5) is 0 Å². The minimum atomic E-state index is -0.139. The molecule has 1 rings (SSSR count). The molecule has 0 spiro atoms. The molecular weight excluding hydrogens is 256 g/mol. The van der Waals surface area contributed by atoms with Crippen LogP contribution in [0.3, 0.4) is 0 Å². The van der Waals surface area contributed by atoms with Crippen molar-refractivity contribution in [2.75, 3.05) is 27.3 Å². The molecule has 3 N–H and O–H groups in total. The largest absolute Gasteiger partial charge is 0.497 e. The van der Waals surface area contributed by atoms with Gasteiger partial charge in [0, 0.05) is 12.6 Å². The molecular formula is C15H24N2O3. The number of methoxy groups -OCH3 is 2. The van der Waals surface area contributed by atoms with E-state index in [1.54, 1.807) is 25.3 Å². The summed E-state index contributed by atoms with van der Waals surface area (Å²) in [4.78, 5) is 12.2. The Balaban J connectivity index is 2.71. The van der Waals surface area contributed by atoms with Crippen molar-refractivity contribution in [1.29, 1.82) is 0 Å². The summed E-state index contributed by atoms with van der Waals surface area (Å²) in [6, 6.07) is 5.15. The van der Waals surface area contributed by atoms with Crippen LogP contribution in [0.5, 0.6) is 11.5 Å². The van der Waals surface area contributed by atoms with Gasteiger partial charge in [0.25, 0.3) is 5.91 Å². The molecule has 0 fully saturated rings. The number of amides is 1. The molecule has 0 radical (unpaired) electrons. The Hall–Kier alpha value is -1.75. The predicted molar refractivity (Wildman–Crippen MR) is 79.3 cm³/mol. The molecule has 1 amide bonds. The smallest absolute Gasteiger partial charge is 0.255 e. The Morgan fingerprint density at radius 1 is 1.35 bits per heavy atom. The molecule has 112 valence electrons. The van der Waals surface area contributed by atoms with Gasteiger partial charge in [0.05, 0.1) is 19.8 Å². The molecule has 0 saturated heterocycles. The van der Waals surface area contributed by atoms with Crippen LogP contribution in [0.2, 0.25) is 0 Å². The number of hydrogen-bond donors (Lipinski definition) is 2. The average molecular weight is 280 g/mol. The van der Waals surface area contributed by atoms with E-state index in [-0.39, 0.29) is 5.91 Å². The molecule has 5 heteroatoms. The Kier molecular flexibility index (Phi) is 6.87. The number of nitrogens with two attached hydrogens (primary N) is 1. The van der Waals surface area contributed by atoms with Gasteiger partial charge in [-0.05, 0) is 31.0 Å². The van der Waals surface area contributed by atoms with Crippen molar-refractivity contribution in [2.45, 2.75) is 19.8 Å². The first-order valence-electron chi connectivity index (χ1n) is 6.86. The van der Waals surface area contributed by atoms with Crippen LogP contribution in [-0.4, -0.2) is 33.2 Å². The summed E-state index contributed by atoms with van der Waals surface area (Å²) >= 11 is 0. The van der Waals surface area contributed by atoms with Crippen LogP contribution < -0.4 is 20.5 Å². The lowest BCUT2D eigenvalue weighted by atomic mass is 10.0. The quantitative estimate of drug-likeness (QED) is 0.761. The molecule has 1 aromatic carbocycles. The number of hydrogen-bond acceptors (Lipinski definition) is 4. The monoisotopic (exact) mass is 280 g/mol. The first kappa shape index (κ1) is 16.3. The molecule has 1 atom stereocenters. The SMILES string of the molecule is CCC(CCN)CNC(=O)c1ccc(OC)cc1OC. The van der Waals surface area contributed by atoms with E-state index in [4.69, 9.17) is 15.2 Å². The summed E-state index contributed by atoms with van der Waals surface area (Å²) in [5.74, 6) is 1.44. The van der Waals surface area contributed by atoms with Gasteiger partial charge < -0.3 is 20.5 Å². The highest BCUT2D eigenvalue weighted by Gasteiger charge is 2.14. The molecule has 0 aliphatic carbocycles. The van der Waals surface area contributed by atoms with Gasteiger partial charge in [-0.2, -0.15) is 0 Å². The first-order chi connectivity index (χ1) is 9.65. The van der Waals surface area contributed by atoms with Gasteiger partial charge in [0.15, 0.2) is 0 Å². The van der Waals surface area contributed by atoms with Gasteiger partial charge in [-0.25, -0.2) is 0 Å². The third kappa shape index (κ3) is 4.42. The molecule has 1 unspecified atom stereocenters. The maximum absolute atomic E-state index is 12.2. The number of rotatable bonds is 8. The van der Waals surface area contributed by atoms with Crippen LogP contribution in [-0.2, 0) is 0 Å². The molecule has 0 saturated carbocycles. The first-order valence-corrected chi connectivity index (χ1v) is 6.86. The van der Waals surface area contributed by atoms with Crippen LogP contribution in [0, 0.1) is 5.92 Å². The summed E-state index contributed by atoms with van der Waals surface area (Å²) in [7, 11) is 3.11. The highest BCUT2D eigenvalue weighted by molar-refractivity contribution is 5.97. The zero-order valence-electron chi connectivity index (χ0n) is 12.4. The van der Waals surface area contributed by atoms with Crippen LogP contribution in [0.25, 0.3) is 0 Å². The molecule has 1 aromatic rings. The summed E-state index contributed by atoms with van der Waals surface area (Å²) in [5.41, 5.74) is 6.06. The fraction of sp³-hybridized carbons (Fsp3) is 0.533. The van der Waals surface area contributed by atoms with E-state index in [2.05, 4.69) is 12.2 Å². The Morgan fingerprint density at radius 3 is 2.65 bits per heavy atom. The van der Waals surface area contributed by atoms with Crippen molar-refractivity contribution in [2.24, 2.45) is 11.7 Å². The fourth-order valence-corrected chi connectivity index (χ4v) is 2.00. The Labute approximate surface area is 120 Å². The minimum absolute atomic E-state index is 0.139. The lowest BCUT2D eigenvalue weighted by Gasteiger charge is -2.15. The average Bonchev–Trinajstić information content (AvgIpc) is 2.50. The van der Waals surface area contributed by atoms with Crippen molar-refractivity contribution in [1.82, 2.24) is 5.32 Å². The molecule has 5 nitrogen and oxygen atoms in total. The van der Waals surface area contributed by atoms with Crippen LogP contribution in [0.15, 0.2) is 18.2 Å². The maximum atomic E-state index is 12.2. The third-order valence-electron chi connectivity index (χ3n) is 3.36. The van der Waals surface area contributed by atoms with E-state index in [0.717, 1.165) is 12.8 Å². The minimum Gasteiger partial charge on any atom is -0.497 e. The van der Waals surface area contributed by atoms with E-state index >= 15 is 0 Å². The fourth-order valence-electron chi connectivity index (χ4n) is 2.00. The molecule has 0 aliphatic heterocycles. The predicted octanol–water partition coefficient (Wildman–Crippen LogP) is 1.81. The summed E-state index contributed by atoms with van der Waals surface area (Å²) in [6.45, 7) is 3.36. The van der Waals surface area contributed by atoms with Gasteiger partial charge in [0.1, 0.15) is 11.5 Å². The van der Waals surface area contributed by atoms with Gasteiger partial charge in [-0.3, -0.25) is 4.79 Å². The zero-order valence-corrected chi connectivity index (χ0v) is 12.4.